The lowest BCUT2D eigenvalue weighted by Gasteiger charge is -2.21. The zero-order valence-corrected chi connectivity index (χ0v) is 11.0. The summed E-state index contributed by atoms with van der Waals surface area (Å²) in [5, 5.41) is 0. The van der Waals surface area contributed by atoms with E-state index in [9.17, 15) is 0 Å². The molecular weight excluding hydrogens is 224 g/mol. The minimum Gasteiger partial charge on any atom is -0.497 e. The van der Waals surface area contributed by atoms with Crippen LogP contribution in [0.3, 0.4) is 0 Å². The van der Waals surface area contributed by atoms with E-state index in [1.165, 1.54) is 5.56 Å². The number of methoxy groups -OCH3 is 1. The molecule has 0 atom stereocenters. The standard InChI is InChI=1S/C15H18N2O/c1-11-4-6-12(7-5-11)17(2)15-9-8-13(18-3)10-14(15)16/h4-10H,16H2,1-3H3. The summed E-state index contributed by atoms with van der Waals surface area (Å²) in [6.45, 7) is 2.07. The number of hydrogen-bond donors (Lipinski definition) is 1. The van der Waals surface area contributed by atoms with Crippen LogP contribution in [-0.2, 0) is 0 Å². The maximum Gasteiger partial charge on any atom is 0.121 e. The van der Waals surface area contributed by atoms with Crippen molar-refractivity contribution in [2.75, 3.05) is 24.8 Å². The molecule has 18 heavy (non-hydrogen) atoms. The summed E-state index contributed by atoms with van der Waals surface area (Å²) in [7, 11) is 3.64. The number of anilines is 3. The second-order valence-corrected chi connectivity index (χ2v) is 4.32. The van der Waals surface area contributed by atoms with Gasteiger partial charge in [0.1, 0.15) is 5.75 Å². The Morgan fingerprint density at radius 1 is 1.06 bits per heavy atom. The lowest BCUT2D eigenvalue weighted by molar-refractivity contribution is 0.415. The van der Waals surface area contributed by atoms with E-state index in [4.69, 9.17) is 10.5 Å². The lowest BCUT2D eigenvalue weighted by Crippen LogP contribution is -2.11. The van der Waals surface area contributed by atoms with Gasteiger partial charge in [-0.1, -0.05) is 17.7 Å². The SMILES string of the molecule is COc1ccc(N(C)c2ccc(C)cc2)c(N)c1. The van der Waals surface area contributed by atoms with E-state index in [1.54, 1.807) is 7.11 Å². The fraction of sp³-hybridized carbons (Fsp3) is 0.200. The van der Waals surface area contributed by atoms with Crippen molar-refractivity contribution in [2.45, 2.75) is 6.92 Å². The summed E-state index contributed by atoms with van der Waals surface area (Å²) in [5.74, 6) is 0.772. The van der Waals surface area contributed by atoms with Gasteiger partial charge >= 0.3 is 0 Å². The number of aryl methyl sites for hydroxylation is 1. The van der Waals surface area contributed by atoms with Crippen molar-refractivity contribution in [3.8, 4) is 5.75 Å². The number of rotatable bonds is 3. The van der Waals surface area contributed by atoms with Crippen LogP contribution >= 0.6 is 0 Å². The molecule has 0 bridgehead atoms. The number of benzene rings is 2. The average Bonchev–Trinajstić information content (AvgIpc) is 2.38. The van der Waals surface area contributed by atoms with Crippen LogP contribution in [0.15, 0.2) is 42.5 Å². The average molecular weight is 242 g/mol. The van der Waals surface area contributed by atoms with E-state index in [2.05, 4.69) is 36.1 Å². The van der Waals surface area contributed by atoms with E-state index in [1.807, 2.05) is 25.2 Å². The molecule has 0 heterocycles. The Labute approximate surface area is 108 Å². The molecule has 0 amide bonds. The van der Waals surface area contributed by atoms with Gasteiger partial charge in [-0.25, -0.2) is 0 Å². The third-order valence-electron chi connectivity index (χ3n) is 3.02. The minimum absolute atomic E-state index is 0.706. The second-order valence-electron chi connectivity index (χ2n) is 4.32. The van der Waals surface area contributed by atoms with Crippen molar-refractivity contribution in [3.05, 3.63) is 48.0 Å². The van der Waals surface area contributed by atoms with E-state index in [-0.39, 0.29) is 0 Å². The van der Waals surface area contributed by atoms with Gasteiger partial charge in [-0.3, -0.25) is 0 Å². The molecule has 2 aromatic rings. The first-order chi connectivity index (χ1) is 8.61. The second kappa shape index (κ2) is 5.00. The monoisotopic (exact) mass is 242 g/mol. The zero-order chi connectivity index (χ0) is 13.1. The summed E-state index contributed by atoms with van der Waals surface area (Å²) >= 11 is 0. The van der Waals surface area contributed by atoms with Crippen LogP contribution in [0.5, 0.6) is 5.75 Å². The quantitative estimate of drug-likeness (QED) is 0.839. The van der Waals surface area contributed by atoms with E-state index < -0.39 is 0 Å². The maximum absolute atomic E-state index is 6.04. The molecule has 0 aliphatic rings. The topological polar surface area (TPSA) is 38.5 Å². The molecule has 0 aliphatic heterocycles. The van der Waals surface area contributed by atoms with Crippen LogP contribution in [0, 0.1) is 6.92 Å². The summed E-state index contributed by atoms with van der Waals surface area (Å²) in [4.78, 5) is 2.06. The van der Waals surface area contributed by atoms with Crippen molar-refractivity contribution < 1.29 is 4.74 Å². The van der Waals surface area contributed by atoms with Crippen molar-refractivity contribution in [1.29, 1.82) is 0 Å². The number of nitrogens with two attached hydrogens (primary N) is 1. The van der Waals surface area contributed by atoms with Crippen LogP contribution in [-0.4, -0.2) is 14.2 Å². The van der Waals surface area contributed by atoms with Crippen LogP contribution in [0.1, 0.15) is 5.56 Å². The molecule has 0 aliphatic carbocycles. The smallest absolute Gasteiger partial charge is 0.121 e. The molecule has 0 saturated heterocycles. The predicted octanol–water partition coefficient (Wildman–Crippen LogP) is 3.35. The van der Waals surface area contributed by atoms with Crippen LogP contribution in [0.25, 0.3) is 0 Å². The van der Waals surface area contributed by atoms with Crippen molar-refractivity contribution in [3.63, 3.8) is 0 Å². The van der Waals surface area contributed by atoms with Gasteiger partial charge in [-0.2, -0.15) is 0 Å². The Bertz CT molecular complexity index is 535. The molecule has 0 fully saturated rings. The van der Waals surface area contributed by atoms with Gasteiger partial charge in [0.25, 0.3) is 0 Å². The molecule has 2 N–H and O–H groups in total. The fourth-order valence-electron chi connectivity index (χ4n) is 1.87. The summed E-state index contributed by atoms with van der Waals surface area (Å²) in [6.07, 6.45) is 0. The molecule has 0 saturated carbocycles. The number of nitrogen functional groups attached to an aromatic ring is 1. The Balaban J connectivity index is 2.33. The third kappa shape index (κ3) is 2.40. The highest BCUT2D eigenvalue weighted by molar-refractivity contribution is 5.75. The van der Waals surface area contributed by atoms with E-state index in [0.717, 1.165) is 17.1 Å². The Morgan fingerprint density at radius 2 is 1.72 bits per heavy atom. The molecule has 2 rings (SSSR count). The number of nitrogens with zero attached hydrogens (tertiary/aromatic N) is 1. The Kier molecular flexibility index (Phi) is 3.42. The molecular formula is C15H18N2O. The van der Waals surface area contributed by atoms with Gasteiger partial charge in [0.05, 0.1) is 18.5 Å². The first-order valence-corrected chi connectivity index (χ1v) is 5.85. The third-order valence-corrected chi connectivity index (χ3v) is 3.02. The van der Waals surface area contributed by atoms with Gasteiger partial charge in [-0.15, -0.1) is 0 Å². The van der Waals surface area contributed by atoms with Gasteiger partial charge in [0, 0.05) is 18.8 Å². The van der Waals surface area contributed by atoms with E-state index in [0.29, 0.717) is 5.69 Å². The van der Waals surface area contributed by atoms with Gasteiger partial charge in [0.15, 0.2) is 0 Å². The van der Waals surface area contributed by atoms with Crippen molar-refractivity contribution in [1.82, 2.24) is 0 Å². The van der Waals surface area contributed by atoms with Gasteiger partial charge in [-0.05, 0) is 31.2 Å². The highest BCUT2D eigenvalue weighted by Gasteiger charge is 2.08. The highest BCUT2D eigenvalue weighted by Crippen LogP contribution is 2.31. The molecule has 0 aromatic heterocycles. The molecule has 3 nitrogen and oxygen atoms in total. The maximum atomic E-state index is 6.04. The number of ether oxygens (including phenoxy) is 1. The van der Waals surface area contributed by atoms with Crippen LogP contribution in [0.4, 0.5) is 17.1 Å². The first kappa shape index (κ1) is 12.3. The first-order valence-electron chi connectivity index (χ1n) is 5.85. The summed E-state index contributed by atoms with van der Waals surface area (Å²) in [6, 6.07) is 14.1. The highest BCUT2D eigenvalue weighted by atomic mass is 16.5. The van der Waals surface area contributed by atoms with Crippen LogP contribution in [0.2, 0.25) is 0 Å². The number of hydrogen-bond acceptors (Lipinski definition) is 3. The lowest BCUT2D eigenvalue weighted by atomic mass is 10.2. The van der Waals surface area contributed by atoms with E-state index >= 15 is 0 Å². The molecule has 94 valence electrons. The summed E-state index contributed by atoms with van der Waals surface area (Å²) in [5.41, 5.74) is 10.1. The van der Waals surface area contributed by atoms with Crippen molar-refractivity contribution in [2.24, 2.45) is 0 Å². The Hall–Kier alpha value is -2.16. The Morgan fingerprint density at radius 3 is 2.28 bits per heavy atom. The minimum atomic E-state index is 0.706. The normalized spacial score (nSPS) is 10.2. The largest absolute Gasteiger partial charge is 0.497 e. The van der Waals surface area contributed by atoms with Gasteiger partial charge in [0.2, 0.25) is 0 Å². The molecule has 0 unspecified atom stereocenters. The van der Waals surface area contributed by atoms with Crippen molar-refractivity contribution >= 4 is 17.1 Å². The molecule has 3 heteroatoms. The van der Waals surface area contributed by atoms with Crippen LogP contribution < -0.4 is 15.4 Å². The fourth-order valence-corrected chi connectivity index (χ4v) is 1.87. The zero-order valence-electron chi connectivity index (χ0n) is 11.0. The summed E-state index contributed by atoms with van der Waals surface area (Å²) < 4.78 is 5.15. The molecule has 0 radical (unpaired) electrons. The van der Waals surface area contributed by atoms with Gasteiger partial charge < -0.3 is 15.4 Å². The molecule has 0 spiro atoms. The molecule has 2 aromatic carbocycles. The predicted molar refractivity (Wildman–Crippen MR) is 76.6 cm³/mol.